The van der Waals surface area contributed by atoms with Crippen molar-refractivity contribution in [1.82, 2.24) is 0 Å². The van der Waals surface area contributed by atoms with Crippen LogP contribution >= 0.6 is 0 Å². The van der Waals surface area contributed by atoms with Crippen LogP contribution in [0.4, 0.5) is 11.4 Å². The van der Waals surface area contributed by atoms with Crippen molar-refractivity contribution in [2.24, 2.45) is 0 Å². The Kier molecular flexibility index (Phi) is 3.34. The molecular weight excluding hydrogens is 200 g/mol. The summed E-state index contributed by atoms with van der Waals surface area (Å²) in [5.74, 6) is 0. The van der Waals surface area contributed by atoms with Gasteiger partial charge in [-0.15, -0.1) is 0 Å². The van der Waals surface area contributed by atoms with Crippen LogP contribution in [0.3, 0.4) is 0 Å². The lowest BCUT2D eigenvalue weighted by molar-refractivity contribution is 0.0855. The van der Waals surface area contributed by atoms with Gasteiger partial charge in [-0.05, 0) is 43.5 Å². The smallest absolute Gasteiger partial charge is 0.0485 e. The monoisotopic (exact) mass is 220 g/mol. The zero-order chi connectivity index (χ0) is 11.5. The van der Waals surface area contributed by atoms with E-state index in [1.807, 2.05) is 6.07 Å². The Morgan fingerprint density at radius 3 is 2.62 bits per heavy atom. The molecule has 1 heterocycles. The van der Waals surface area contributed by atoms with Crippen molar-refractivity contribution in [3.05, 3.63) is 23.8 Å². The largest absolute Gasteiger partial charge is 0.399 e. The molecule has 0 bridgehead atoms. The molecule has 0 atom stereocenters. The van der Waals surface area contributed by atoms with Crippen LogP contribution in [-0.4, -0.2) is 26.3 Å². The van der Waals surface area contributed by atoms with Gasteiger partial charge in [0.15, 0.2) is 0 Å². The fourth-order valence-electron chi connectivity index (χ4n) is 2.16. The average molecular weight is 220 g/mol. The van der Waals surface area contributed by atoms with Gasteiger partial charge in [-0.3, -0.25) is 0 Å². The molecule has 0 spiro atoms. The quantitative estimate of drug-likeness (QED) is 0.776. The van der Waals surface area contributed by atoms with Crippen LogP contribution in [0.1, 0.15) is 18.4 Å². The van der Waals surface area contributed by atoms with Crippen molar-refractivity contribution in [3.8, 4) is 0 Å². The molecule has 1 fully saturated rings. The van der Waals surface area contributed by atoms with E-state index in [-0.39, 0.29) is 0 Å². The number of benzene rings is 1. The van der Waals surface area contributed by atoms with Crippen LogP contribution in [0, 0.1) is 6.92 Å². The van der Waals surface area contributed by atoms with E-state index >= 15 is 0 Å². The van der Waals surface area contributed by atoms with Gasteiger partial charge >= 0.3 is 0 Å². The first-order valence-electron chi connectivity index (χ1n) is 5.85. The summed E-state index contributed by atoms with van der Waals surface area (Å²) in [5.41, 5.74) is 9.09. The fourth-order valence-corrected chi connectivity index (χ4v) is 2.16. The minimum absolute atomic E-state index is 0.594. The molecular formula is C13H20N2O. The summed E-state index contributed by atoms with van der Waals surface area (Å²) >= 11 is 0. The normalized spacial score (nSPS) is 17.4. The third-order valence-corrected chi connectivity index (χ3v) is 3.40. The van der Waals surface area contributed by atoms with Crippen molar-refractivity contribution in [1.29, 1.82) is 0 Å². The summed E-state index contributed by atoms with van der Waals surface area (Å²) in [5, 5.41) is 0. The maximum absolute atomic E-state index is 5.83. The molecule has 0 radical (unpaired) electrons. The topological polar surface area (TPSA) is 38.5 Å². The van der Waals surface area contributed by atoms with Crippen LogP contribution in [0.2, 0.25) is 0 Å². The molecule has 3 heteroatoms. The van der Waals surface area contributed by atoms with Crippen LogP contribution in [0.25, 0.3) is 0 Å². The van der Waals surface area contributed by atoms with Gasteiger partial charge in [0.2, 0.25) is 0 Å². The molecule has 2 N–H and O–H groups in total. The van der Waals surface area contributed by atoms with E-state index in [0.717, 1.165) is 37.3 Å². The molecule has 0 saturated carbocycles. The Balaban J connectivity index is 2.12. The zero-order valence-electron chi connectivity index (χ0n) is 10.1. The van der Waals surface area contributed by atoms with Crippen molar-refractivity contribution in [3.63, 3.8) is 0 Å². The molecule has 1 aromatic rings. The predicted molar refractivity (Wildman–Crippen MR) is 67.8 cm³/mol. The van der Waals surface area contributed by atoms with Crippen LogP contribution in [0.15, 0.2) is 18.2 Å². The molecule has 1 saturated heterocycles. The average Bonchev–Trinajstić information content (AvgIpc) is 2.33. The highest BCUT2D eigenvalue weighted by Gasteiger charge is 2.18. The standard InChI is InChI=1S/C13H20N2O/c1-10-9-12(3-4-13(10)14)15(2)11-5-7-16-8-6-11/h3-4,9,11H,5-8,14H2,1-2H3. The van der Waals surface area contributed by atoms with E-state index in [4.69, 9.17) is 10.5 Å². The molecule has 1 aromatic carbocycles. The minimum Gasteiger partial charge on any atom is -0.399 e. The number of hydrogen-bond acceptors (Lipinski definition) is 3. The number of aryl methyl sites for hydroxylation is 1. The van der Waals surface area contributed by atoms with E-state index in [1.54, 1.807) is 0 Å². The number of anilines is 2. The summed E-state index contributed by atoms with van der Waals surface area (Å²) in [4.78, 5) is 2.34. The van der Waals surface area contributed by atoms with Crippen molar-refractivity contribution in [2.45, 2.75) is 25.8 Å². The van der Waals surface area contributed by atoms with Crippen molar-refractivity contribution >= 4 is 11.4 Å². The molecule has 3 nitrogen and oxygen atoms in total. The van der Waals surface area contributed by atoms with E-state index in [2.05, 4.69) is 31.0 Å². The third kappa shape index (κ3) is 2.30. The molecule has 1 aliphatic rings. The van der Waals surface area contributed by atoms with Gasteiger partial charge in [-0.2, -0.15) is 0 Å². The second-order valence-corrected chi connectivity index (χ2v) is 4.50. The highest BCUT2D eigenvalue weighted by Crippen LogP contribution is 2.24. The minimum atomic E-state index is 0.594. The van der Waals surface area contributed by atoms with Gasteiger partial charge in [-0.1, -0.05) is 0 Å². The molecule has 2 rings (SSSR count). The maximum atomic E-state index is 5.83. The second kappa shape index (κ2) is 4.74. The first-order valence-corrected chi connectivity index (χ1v) is 5.85. The van der Waals surface area contributed by atoms with Crippen molar-refractivity contribution < 1.29 is 4.74 Å². The summed E-state index contributed by atoms with van der Waals surface area (Å²) in [6, 6.07) is 6.83. The zero-order valence-corrected chi connectivity index (χ0v) is 10.1. The highest BCUT2D eigenvalue weighted by atomic mass is 16.5. The fraction of sp³-hybridized carbons (Fsp3) is 0.538. The molecule has 0 unspecified atom stereocenters. The summed E-state index contributed by atoms with van der Waals surface area (Å²) in [7, 11) is 2.15. The maximum Gasteiger partial charge on any atom is 0.0485 e. The predicted octanol–water partition coefficient (Wildman–Crippen LogP) is 2.19. The lowest BCUT2D eigenvalue weighted by Gasteiger charge is -2.33. The molecule has 88 valence electrons. The molecule has 16 heavy (non-hydrogen) atoms. The molecule has 0 amide bonds. The number of nitrogen functional groups attached to an aromatic ring is 1. The number of nitrogens with zero attached hydrogens (tertiary/aromatic N) is 1. The van der Waals surface area contributed by atoms with Gasteiger partial charge in [0.1, 0.15) is 0 Å². The van der Waals surface area contributed by atoms with E-state index in [1.165, 1.54) is 5.69 Å². The van der Waals surface area contributed by atoms with Crippen molar-refractivity contribution in [2.75, 3.05) is 30.9 Å². The third-order valence-electron chi connectivity index (χ3n) is 3.40. The summed E-state index contributed by atoms with van der Waals surface area (Å²) in [6.45, 7) is 3.81. The molecule has 1 aliphatic heterocycles. The SMILES string of the molecule is Cc1cc(N(C)C2CCOCC2)ccc1N. The Morgan fingerprint density at radius 2 is 2.00 bits per heavy atom. The first-order chi connectivity index (χ1) is 7.68. The lowest BCUT2D eigenvalue weighted by atomic mass is 10.1. The van der Waals surface area contributed by atoms with Gasteiger partial charge in [0.25, 0.3) is 0 Å². The highest BCUT2D eigenvalue weighted by molar-refractivity contribution is 5.58. The first kappa shape index (κ1) is 11.3. The number of rotatable bonds is 2. The second-order valence-electron chi connectivity index (χ2n) is 4.50. The number of hydrogen-bond donors (Lipinski definition) is 1. The summed E-state index contributed by atoms with van der Waals surface area (Å²) < 4.78 is 5.38. The van der Waals surface area contributed by atoms with Gasteiger partial charge in [-0.25, -0.2) is 0 Å². The Morgan fingerprint density at radius 1 is 1.31 bits per heavy atom. The van der Waals surface area contributed by atoms with Crippen LogP contribution < -0.4 is 10.6 Å². The lowest BCUT2D eigenvalue weighted by Crippen LogP contribution is -2.36. The number of ether oxygens (including phenoxy) is 1. The van der Waals surface area contributed by atoms with Gasteiger partial charge in [0, 0.05) is 37.7 Å². The Bertz CT molecular complexity index is 359. The van der Waals surface area contributed by atoms with Gasteiger partial charge < -0.3 is 15.4 Å². The Hall–Kier alpha value is -1.22. The van der Waals surface area contributed by atoms with Crippen LogP contribution in [-0.2, 0) is 4.74 Å². The van der Waals surface area contributed by atoms with Gasteiger partial charge in [0.05, 0.1) is 0 Å². The number of nitrogens with two attached hydrogens (primary N) is 1. The Labute approximate surface area is 97.2 Å². The summed E-state index contributed by atoms with van der Waals surface area (Å²) in [6.07, 6.45) is 2.22. The molecule has 0 aliphatic carbocycles. The van der Waals surface area contributed by atoms with E-state index in [0.29, 0.717) is 6.04 Å². The van der Waals surface area contributed by atoms with Crippen LogP contribution in [0.5, 0.6) is 0 Å². The van der Waals surface area contributed by atoms with E-state index < -0.39 is 0 Å². The van der Waals surface area contributed by atoms with E-state index in [9.17, 15) is 0 Å². The molecule has 0 aromatic heterocycles.